The summed E-state index contributed by atoms with van der Waals surface area (Å²) in [7, 11) is 0. The van der Waals surface area contributed by atoms with Crippen LogP contribution in [-0.4, -0.2) is 9.78 Å². The average Bonchev–Trinajstić information content (AvgIpc) is 2.80. The molecule has 0 spiro atoms. The van der Waals surface area contributed by atoms with Gasteiger partial charge in [-0.3, -0.25) is 4.68 Å². The van der Waals surface area contributed by atoms with Crippen LogP contribution in [0.15, 0.2) is 6.07 Å². The van der Waals surface area contributed by atoms with E-state index in [-0.39, 0.29) is 11.5 Å². The minimum absolute atomic E-state index is 0.0716. The highest BCUT2D eigenvalue weighted by Crippen LogP contribution is 2.32. The van der Waals surface area contributed by atoms with E-state index < -0.39 is 0 Å². The molecule has 1 aliphatic rings. The lowest BCUT2D eigenvalue weighted by atomic mass is 9.92. The van der Waals surface area contributed by atoms with E-state index in [0.717, 1.165) is 18.2 Å². The number of hydrogen-bond acceptors (Lipinski definition) is 2. The monoisotopic (exact) mass is 221 g/mol. The number of hydrogen-bond donors (Lipinski definition) is 1. The van der Waals surface area contributed by atoms with Crippen LogP contribution in [0.3, 0.4) is 0 Å². The molecule has 1 aromatic heterocycles. The molecule has 2 rings (SSSR count). The third kappa shape index (κ3) is 2.46. The van der Waals surface area contributed by atoms with E-state index in [1.54, 1.807) is 0 Å². The zero-order chi connectivity index (χ0) is 11.9. The molecule has 1 saturated carbocycles. The van der Waals surface area contributed by atoms with E-state index in [4.69, 9.17) is 10.8 Å². The molecule has 0 aromatic carbocycles. The lowest BCUT2D eigenvalue weighted by Gasteiger charge is -2.14. The summed E-state index contributed by atoms with van der Waals surface area (Å²) in [6.07, 6.45) is 2.70. The molecule has 1 heterocycles. The first-order valence-corrected chi connectivity index (χ1v) is 6.21. The first kappa shape index (κ1) is 11.6. The zero-order valence-electron chi connectivity index (χ0n) is 10.8. The van der Waals surface area contributed by atoms with Crippen molar-refractivity contribution in [3.05, 3.63) is 17.5 Å². The SMILES string of the molecule is C[C@H](N)c1cc(C(C)(C)C)nn1CC1CC1. The maximum absolute atomic E-state index is 6.01. The lowest BCUT2D eigenvalue weighted by Crippen LogP contribution is -2.15. The van der Waals surface area contributed by atoms with Gasteiger partial charge in [0, 0.05) is 18.0 Å². The molecule has 0 radical (unpaired) electrons. The Morgan fingerprint density at radius 1 is 1.50 bits per heavy atom. The summed E-state index contributed by atoms with van der Waals surface area (Å²) in [5.74, 6) is 0.838. The predicted molar refractivity (Wildman–Crippen MR) is 66.3 cm³/mol. The van der Waals surface area contributed by atoms with Crippen LogP contribution in [0.1, 0.15) is 58.0 Å². The van der Waals surface area contributed by atoms with Gasteiger partial charge in [-0.05, 0) is 31.7 Å². The summed E-state index contributed by atoms with van der Waals surface area (Å²) >= 11 is 0. The molecule has 0 bridgehead atoms. The van der Waals surface area contributed by atoms with Crippen molar-refractivity contribution >= 4 is 0 Å². The number of nitrogens with two attached hydrogens (primary N) is 1. The second-order valence-corrected chi connectivity index (χ2v) is 6.12. The van der Waals surface area contributed by atoms with Gasteiger partial charge >= 0.3 is 0 Å². The highest BCUT2D eigenvalue weighted by Gasteiger charge is 2.26. The van der Waals surface area contributed by atoms with Crippen molar-refractivity contribution < 1.29 is 0 Å². The number of aromatic nitrogens is 2. The van der Waals surface area contributed by atoms with Crippen molar-refractivity contribution in [2.45, 2.75) is 58.5 Å². The Bertz CT molecular complexity index is 367. The maximum Gasteiger partial charge on any atom is 0.0681 e. The molecule has 1 fully saturated rings. The Labute approximate surface area is 98.0 Å². The number of rotatable bonds is 3. The van der Waals surface area contributed by atoms with Crippen molar-refractivity contribution in [2.75, 3.05) is 0 Å². The quantitative estimate of drug-likeness (QED) is 0.852. The molecule has 0 amide bonds. The van der Waals surface area contributed by atoms with Gasteiger partial charge in [-0.1, -0.05) is 20.8 Å². The minimum atomic E-state index is 0.0716. The summed E-state index contributed by atoms with van der Waals surface area (Å²) < 4.78 is 2.13. The van der Waals surface area contributed by atoms with E-state index in [1.807, 2.05) is 6.92 Å². The van der Waals surface area contributed by atoms with Crippen LogP contribution < -0.4 is 5.73 Å². The van der Waals surface area contributed by atoms with Crippen molar-refractivity contribution in [2.24, 2.45) is 11.7 Å². The fourth-order valence-electron chi connectivity index (χ4n) is 1.86. The van der Waals surface area contributed by atoms with Gasteiger partial charge in [0.1, 0.15) is 0 Å². The molecule has 3 heteroatoms. The Kier molecular flexibility index (Phi) is 2.82. The molecule has 3 nitrogen and oxygen atoms in total. The fourth-order valence-corrected chi connectivity index (χ4v) is 1.86. The van der Waals surface area contributed by atoms with Gasteiger partial charge in [0.05, 0.1) is 11.4 Å². The highest BCUT2D eigenvalue weighted by molar-refractivity contribution is 5.19. The van der Waals surface area contributed by atoms with Crippen molar-refractivity contribution in [1.29, 1.82) is 0 Å². The van der Waals surface area contributed by atoms with E-state index in [2.05, 4.69) is 31.5 Å². The van der Waals surface area contributed by atoms with Crippen LogP contribution in [0.2, 0.25) is 0 Å². The van der Waals surface area contributed by atoms with Crippen LogP contribution in [-0.2, 0) is 12.0 Å². The van der Waals surface area contributed by atoms with Crippen LogP contribution in [0, 0.1) is 5.92 Å². The molecule has 0 saturated heterocycles. The Morgan fingerprint density at radius 3 is 2.56 bits per heavy atom. The molecule has 1 aliphatic carbocycles. The molecule has 1 aromatic rings. The topological polar surface area (TPSA) is 43.8 Å². The first-order valence-electron chi connectivity index (χ1n) is 6.21. The van der Waals surface area contributed by atoms with Gasteiger partial charge < -0.3 is 5.73 Å². The van der Waals surface area contributed by atoms with Crippen LogP contribution in [0.25, 0.3) is 0 Å². The van der Waals surface area contributed by atoms with E-state index >= 15 is 0 Å². The molecule has 90 valence electrons. The van der Waals surface area contributed by atoms with Gasteiger partial charge in [-0.2, -0.15) is 5.10 Å². The molecular formula is C13H23N3. The Hall–Kier alpha value is -0.830. The minimum Gasteiger partial charge on any atom is -0.323 e. The summed E-state index contributed by atoms with van der Waals surface area (Å²) in [4.78, 5) is 0. The van der Waals surface area contributed by atoms with Gasteiger partial charge in [0.15, 0.2) is 0 Å². The summed E-state index contributed by atoms with van der Waals surface area (Å²) in [5.41, 5.74) is 8.45. The van der Waals surface area contributed by atoms with E-state index in [0.29, 0.717) is 0 Å². The molecular weight excluding hydrogens is 198 g/mol. The Morgan fingerprint density at radius 2 is 2.12 bits per heavy atom. The molecule has 1 atom stereocenters. The number of nitrogens with zero attached hydrogens (tertiary/aromatic N) is 2. The molecule has 16 heavy (non-hydrogen) atoms. The van der Waals surface area contributed by atoms with Crippen molar-refractivity contribution in [3.8, 4) is 0 Å². The average molecular weight is 221 g/mol. The second kappa shape index (κ2) is 3.88. The Balaban J connectivity index is 2.29. The van der Waals surface area contributed by atoms with Gasteiger partial charge in [0.2, 0.25) is 0 Å². The van der Waals surface area contributed by atoms with Gasteiger partial charge in [-0.25, -0.2) is 0 Å². The standard InChI is InChI=1S/C13H23N3/c1-9(14)11-7-12(13(2,3)4)15-16(11)8-10-5-6-10/h7,9-10H,5-6,8,14H2,1-4H3/t9-/m0/s1. The van der Waals surface area contributed by atoms with Gasteiger partial charge in [0.25, 0.3) is 0 Å². The molecule has 2 N–H and O–H groups in total. The van der Waals surface area contributed by atoms with Crippen molar-refractivity contribution in [3.63, 3.8) is 0 Å². The van der Waals surface area contributed by atoms with Crippen molar-refractivity contribution in [1.82, 2.24) is 9.78 Å². The van der Waals surface area contributed by atoms with E-state index in [1.165, 1.54) is 18.5 Å². The molecule has 0 unspecified atom stereocenters. The third-order valence-electron chi connectivity index (χ3n) is 3.17. The maximum atomic E-state index is 6.01. The summed E-state index contributed by atoms with van der Waals surface area (Å²) in [5, 5.41) is 4.72. The van der Waals surface area contributed by atoms with Crippen LogP contribution in [0.5, 0.6) is 0 Å². The zero-order valence-corrected chi connectivity index (χ0v) is 10.8. The highest BCUT2D eigenvalue weighted by atomic mass is 15.3. The predicted octanol–water partition coefficient (Wildman–Crippen LogP) is 2.61. The fraction of sp³-hybridized carbons (Fsp3) is 0.769. The first-order chi connectivity index (χ1) is 7.38. The molecule has 0 aliphatic heterocycles. The smallest absolute Gasteiger partial charge is 0.0681 e. The van der Waals surface area contributed by atoms with Crippen LogP contribution >= 0.6 is 0 Å². The third-order valence-corrected chi connectivity index (χ3v) is 3.17. The van der Waals surface area contributed by atoms with E-state index in [9.17, 15) is 0 Å². The summed E-state index contributed by atoms with van der Waals surface area (Å²) in [6.45, 7) is 9.67. The lowest BCUT2D eigenvalue weighted by molar-refractivity contribution is 0.495. The largest absolute Gasteiger partial charge is 0.323 e. The second-order valence-electron chi connectivity index (χ2n) is 6.12. The van der Waals surface area contributed by atoms with Crippen LogP contribution in [0.4, 0.5) is 0 Å². The summed E-state index contributed by atoms with van der Waals surface area (Å²) in [6, 6.07) is 2.25. The normalized spacial score (nSPS) is 18.8. The van der Waals surface area contributed by atoms with Gasteiger partial charge in [-0.15, -0.1) is 0 Å².